The molecule has 0 fully saturated rings. The van der Waals surface area contributed by atoms with Crippen LogP contribution < -0.4 is 10.6 Å². The van der Waals surface area contributed by atoms with Gasteiger partial charge in [-0.05, 0) is 11.4 Å². The van der Waals surface area contributed by atoms with Crippen LogP contribution in [0.25, 0.3) is 10.2 Å². The fraction of sp³-hybridized carbons (Fsp3) is 0.308. The molecule has 0 aliphatic carbocycles. The Kier molecular flexibility index (Phi) is 3.79. The SMILES string of the molecule is CCc1nc(NCc2csc(NC)n2)c2ccsc2n1. The smallest absolute Gasteiger partial charge is 0.182 e. The van der Waals surface area contributed by atoms with Crippen molar-refractivity contribution in [2.75, 3.05) is 17.7 Å². The van der Waals surface area contributed by atoms with Crippen molar-refractivity contribution in [3.63, 3.8) is 0 Å². The highest BCUT2D eigenvalue weighted by molar-refractivity contribution is 7.16. The number of fused-ring (bicyclic) bond motifs is 1. The Morgan fingerprint density at radius 2 is 2.10 bits per heavy atom. The third kappa shape index (κ3) is 2.59. The maximum absolute atomic E-state index is 4.58. The summed E-state index contributed by atoms with van der Waals surface area (Å²) in [7, 11) is 1.88. The second kappa shape index (κ2) is 5.72. The average Bonchev–Trinajstić information content (AvgIpc) is 3.12. The predicted octanol–water partition coefficient (Wildman–Crippen LogP) is 3.36. The summed E-state index contributed by atoms with van der Waals surface area (Å²) >= 11 is 3.25. The quantitative estimate of drug-likeness (QED) is 0.757. The molecule has 0 radical (unpaired) electrons. The van der Waals surface area contributed by atoms with Crippen LogP contribution in [0.4, 0.5) is 10.9 Å². The van der Waals surface area contributed by atoms with Crippen molar-refractivity contribution in [2.24, 2.45) is 0 Å². The van der Waals surface area contributed by atoms with Crippen LogP contribution >= 0.6 is 22.7 Å². The number of aromatic nitrogens is 3. The molecule has 0 aliphatic rings. The topological polar surface area (TPSA) is 62.7 Å². The first kappa shape index (κ1) is 13.3. The number of aryl methyl sites for hydroxylation is 1. The van der Waals surface area contributed by atoms with Crippen LogP contribution in [-0.2, 0) is 13.0 Å². The van der Waals surface area contributed by atoms with Gasteiger partial charge in [-0.2, -0.15) is 0 Å². The predicted molar refractivity (Wildman–Crippen MR) is 85.8 cm³/mol. The molecule has 0 atom stereocenters. The largest absolute Gasteiger partial charge is 0.365 e. The summed E-state index contributed by atoms with van der Waals surface area (Å²) in [5, 5.41) is 12.5. The van der Waals surface area contributed by atoms with Crippen LogP contribution in [-0.4, -0.2) is 22.0 Å². The highest BCUT2D eigenvalue weighted by Crippen LogP contribution is 2.26. The molecule has 104 valence electrons. The molecule has 2 N–H and O–H groups in total. The van der Waals surface area contributed by atoms with Gasteiger partial charge in [0, 0.05) is 18.8 Å². The van der Waals surface area contributed by atoms with E-state index in [4.69, 9.17) is 0 Å². The molecule has 0 amide bonds. The van der Waals surface area contributed by atoms with Crippen molar-refractivity contribution in [3.05, 3.63) is 28.3 Å². The Morgan fingerprint density at radius 3 is 2.85 bits per heavy atom. The van der Waals surface area contributed by atoms with Crippen LogP contribution in [0.3, 0.4) is 0 Å². The van der Waals surface area contributed by atoms with E-state index in [-0.39, 0.29) is 0 Å². The van der Waals surface area contributed by atoms with Gasteiger partial charge in [-0.15, -0.1) is 22.7 Å². The Morgan fingerprint density at radius 1 is 1.20 bits per heavy atom. The number of rotatable bonds is 5. The zero-order chi connectivity index (χ0) is 13.9. The third-order valence-electron chi connectivity index (χ3n) is 2.89. The standard InChI is InChI=1S/C13H15N5S2/c1-3-10-17-11(9-4-5-19-12(9)18-10)15-6-8-7-20-13(14-2)16-8/h4-5,7H,3,6H2,1-2H3,(H,14,16)(H,15,17,18). The summed E-state index contributed by atoms with van der Waals surface area (Å²) in [4.78, 5) is 14.6. The number of nitrogens with one attached hydrogen (secondary N) is 2. The Bertz CT molecular complexity index is 718. The van der Waals surface area contributed by atoms with Gasteiger partial charge in [0.15, 0.2) is 5.13 Å². The lowest BCUT2D eigenvalue weighted by Gasteiger charge is -2.06. The first-order valence-corrected chi connectivity index (χ1v) is 8.16. The lowest BCUT2D eigenvalue weighted by molar-refractivity contribution is 0.953. The Hall–Kier alpha value is -1.73. The zero-order valence-corrected chi connectivity index (χ0v) is 12.9. The summed E-state index contributed by atoms with van der Waals surface area (Å²) in [5.74, 6) is 1.77. The van der Waals surface area contributed by atoms with Crippen molar-refractivity contribution in [1.82, 2.24) is 15.0 Å². The summed E-state index contributed by atoms with van der Waals surface area (Å²) in [6, 6.07) is 2.06. The lowest BCUT2D eigenvalue weighted by Crippen LogP contribution is -2.05. The molecule has 7 heteroatoms. The Balaban J connectivity index is 1.84. The van der Waals surface area contributed by atoms with Crippen LogP contribution in [0.15, 0.2) is 16.8 Å². The number of anilines is 2. The molecule has 0 aromatic carbocycles. The van der Waals surface area contributed by atoms with Crippen molar-refractivity contribution < 1.29 is 0 Å². The normalized spacial score (nSPS) is 10.9. The molecule has 0 unspecified atom stereocenters. The maximum atomic E-state index is 4.58. The lowest BCUT2D eigenvalue weighted by atomic mass is 10.3. The van der Waals surface area contributed by atoms with Gasteiger partial charge in [0.1, 0.15) is 16.5 Å². The molecule has 0 saturated heterocycles. The van der Waals surface area contributed by atoms with E-state index in [1.54, 1.807) is 22.7 Å². The molecule has 20 heavy (non-hydrogen) atoms. The Labute approximate surface area is 125 Å². The van der Waals surface area contributed by atoms with Crippen LogP contribution in [0, 0.1) is 0 Å². The van der Waals surface area contributed by atoms with Crippen LogP contribution in [0.5, 0.6) is 0 Å². The summed E-state index contributed by atoms with van der Waals surface area (Å²) in [6.45, 7) is 2.74. The van der Waals surface area contributed by atoms with E-state index in [1.807, 2.05) is 17.8 Å². The van der Waals surface area contributed by atoms with Gasteiger partial charge in [0.05, 0.1) is 17.6 Å². The highest BCUT2D eigenvalue weighted by atomic mass is 32.1. The van der Waals surface area contributed by atoms with Crippen LogP contribution in [0.1, 0.15) is 18.4 Å². The molecule has 3 aromatic rings. The van der Waals surface area contributed by atoms with E-state index in [0.29, 0.717) is 6.54 Å². The number of nitrogens with zero attached hydrogens (tertiary/aromatic N) is 3. The number of thiazole rings is 1. The van der Waals surface area contributed by atoms with E-state index in [2.05, 4.69) is 38.6 Å². The number of hydrogen-bond donors (Lipinski definition) is 2. The van der Waals surface area contributed by atoms with E-state index >= 15 is 0 Å². The average molecular weight is 305 g/mol. The van der Waals surface area contributed by atoms with Gasteiger partial charge in [-0.25, -0.2) is 15.0 Å². The van der Waals surface area contributed by atoms with E-state index < -0.39 is 0 Å². The molecule has 5 nitrogen and oxygen atoms in total. The number of hydrogen-bond acceptors (Lipinski definition) is 7. The highest BCUT2D eigenvalue weighted by Gasteiger charge is 2.08. The van der Waals surface area contributed by atoms with Gasteiger partial charge >= 0.3 is 0 Å². The second-order valence-corrected chi connectivity index (χ2v) is 5.98. The second-order valence-electron chi connectivity index (χ2n) is 4.23. The molecule has 3 rings (SSSR count). The minimum Gasteiger partial charge on any atom is -0.365 e. The van der Waals surface area contributed by atoms with Crippen LogP contribution in [0.2, 0.25) is 0 Å². The maximum Gasteiger partial charge on any atom is 0.182 e. The van der Waals surface area contributed by atoms with Gasteiger partial charge in [-0.1, -0.05) is 6.92 Å². The summed E-state index contributed by atoms with van der Waals surface area (Å²) in [5.41, 5.74) is 1.01. The van der Waals surface area contributed by atoms with Crippen molar-refractivity contribution in [2.45, 2.75) is 19.9 Å². The van der Waals surface area contributed by atoms with E-state index in [0.717, 1.165) is 39.1 Å². The van der Waals surface area contributed by atoms with Gasteiger partial charge in [0.2, 0.25) is 0 Å². The molecule has 3 heterocycles. The zero-order valence-electron chi connectivity index (χ0n) is 11.3. The van der Waals surface area contributed by atoms with Crippen molar-refractivity contribution >= 4 is 43.8 Å². The van der Waals surface area contributed by atoms with Gasteiger partial charge in [-0.3, -0.25) is 0 Å². The fourth-order valence-electron chi connectivity index (χ4n) is 1.87. The first-order valence-electron chi connectivity index (χ1n) is 6.40. The fourth-order valence-corrected chi connectivity index (χ4v) is 3.32. The summed E-state index contributed by atoms with van der Waals surface area (Å²) < 4.78 is 0. The van der Waals surface area contributed by atoms with Gasteiger partial charge in [0.25, 0.3) is 0 Å². The first-order chi connectivity index (χ1) is 9.80. The minimum atomic E-state index is 0.670. The number of thiophene rings is 1. The van der Waals surface area contributed by atoms with E-state index in [1.165, 1.54) is 0 Å². The van der Waals surface area contributed by atoms with Crippen molar-refractivity contribution in [1.29, 1.82) is 0 Å². The van der Waals surface area contributed by atoms with Crippen molar-refractivity contribution in [3.8, 4) is 0 Å². The molecule has 0 spiro atoms. The monoisotopic (exact) mass is 305 g/mol. The minimum absolute atomic E-state index is 0.670. The third-order valence-corrected chi connectivity index (χ3v) is 4.61. The van der Waals surface area contributed by atoms with Gasteiger partial charge < -0.3 is 10.6 Å². The molecule has 0 aliphatic heterocycles. The van der Waals surface area contributed by atoms with E-state index in [9.17, 15) is 0 Å². The molecule has 3 aromatic heterocycles. The molecule has 0 saturated carbocycles. The molecular formula is C13H15N5S2. The molecular weight excluding hydrogens is 290 g/mol. The summed E-state index contributed by atoms with van der Waals surface area (Å²) in [6.07, 6.45) is 0.836. The molecule has 0 bridgehead atoms.